The highest BCUT2D eigenvalue weighted by Gasteiger charge is 2.36. The van der Waals surface area contributed by atoms with Crippen LogP contribution in [0.3, 0.4) is 0 Å². The van der Waals surface area contributed by atoms with Gasteiger partial charge in [0.15, 0.2) is 0 Å². The lowest BCUT2D eigenvalue weighted by atomic mass is 10.0. The second-order valence-electron chi connectivity index (χ2n) is 4.49. The normalized spacial score (nSPS) is 37.9. The van der Waals surface area contributed by atoms with Crippen LogP contribution in [0.1, 0.15) is 19.8 Å². The van der Waals surface area contributed by atoms with Gasteiger partial charge in [0.25, 0.3) is 0 Å². The molecule has 0 bridgehead atoms. The first-order valence-corrected chi connectivity index (χ1v) is 5.44. The average Bonchev–Trinajstić information content (AvgIpc) is 2.49. The molecule has 1 unspecified atom stereocenters. The van der Waals surface area contributed by atoms with Crippen molar-refractivity contribution in [3.8, 4) is 0 Å². The first-order valence-electron chi connectivity index (χ1n) is 5.44. The van der Waals surface area contributed by atoms with Gasteiger partial charge in [-0.25, -0.2) is 4.90 Å². The Bertz CT molecular complexity index is 183. The number of likely N-dealkylation sites (tertiary alicyclic amines) is 1. The Morgan fingerprint density at radius 3 is 2.43 bits per heavy atom. The number of rotatable bonds is 1. The van der Waals surface area contributed by atoms with Gasteiger partial charge in [-0.1, -0.05) is 0 Å². The van der Waals surface area contributed by atoms with Gasteiger partial charge in [-0.3, -0.25) is 0 Å². The Balaban J connectivity index is 1.94. The summed E-state index contributed by atoms with van der Waals surface area (Å²) in [6.45, 7) is 5.03. The van der Waals surface area contributed by atoms with Gasteiger partial charge in [0.1, 0.15) is 0 Å². The molecule has 0 amide bonds. The summed E-state index contributed by atoms with van der Waals surface area (Å²) in [5.41, 5.74) is 0. The van der Waals surface area contributed by atoms with Crippen LogP contribution in [-0.4, -0.2) is 60.1 Å². The minimum Gasteiger partial charge on any atom is -0.356 e. The molecule has 2 aliphatic heterocycles. The Kier molecular flexibility index (Phi) is 3.07. The van der Waals surface area contributed by atoms with Crippen molar-refractivity contribution >= 4 is 0 Å². The van der Waals surface area contributed by atoms with Gasteiger partial charge in [0, 0.05) is 12.1 Å². The molecule has 0 spiro atoms. The lowest BCUT2D eigenvalue weighted by molar-refractivity contribution is -0.153. The molecule has 2 aliphatic rings. The molecule has 2 atom stereocenters. The highest BCUT2D eigenvalue weighted by Crippen LogP contribution is 2.24. The summed E-state index contributed by atoms with van der Waals surface area (Å²) in [6, 6.07) is 0.858. The Hall–Kier alpha value is -0.160. The second-order valence-corrected chi connectivity index (χ2v) is 4.49. The quantitative estimate of drug-likeness (QED) is 0.650. The van der Waals surface area contributed by atoms with E-state index in [-0.39, 0.29) is 0 Å². The minimum absolute atomic E-state index is 0.360. The Labute approximate surface area is 85.4 Å². The third-order valence-electron chi connectivity index (χ3n) is 3.36. The standard InChI is InChI=1S/C10H20N2O2/c1-8-7-14-10(13)12(8)9-3-5-11(2)6-4-9/h8-10,13H,3-7H2,1-2H3/t8-,10?/m0/s1. The first-order chi connectivity index (χ1) is 6.68. The molecule has 2 saturated heterocycles. The van der Waals surface area contributed by atoms with Crippen LogP contribution in [0, 0.1) is 0 Å². The number of hydrogen-bond donors (Lipinski definition) is 1. The molecule has 0 radical (unpaired) electrons. The predicted octanol–water partition coefficient (Wildman–Crippen LogP) is 0.0772. The molecule has 2 rings (SSSR count). The zero-order valence-corrected chi connectivity index (χ0v) is 9.02. The predicted molar refractivity (Wildman–Crippen MR) is 53.8 cm³/mol. The summed E-state index contributed by atoms with van der Waals surface area (Å²) in [6.07, 6.45) is 1.61. The third kappa shape index (κ3) is 1.93. The van der Waals surface area contributed by atoms with Crippen molar-refractivity contribution in [1.29, 1.82) is 0 Å². The van der Waals surface area contributed by atoms with E-state index in [2.05, 4.69) is 23.8 Å². The highest BCUT2D eigenvalue weighted by atomic mass is 16.6. The second kappa shape index (κ2) is 4.14. The lowest BCUT2D eigenvalue weighted by Gasteiger charge is -2.37. The van der Waals surface area contributed by atoms with Crippen molar-refractivity contribution in [2.24, 2.45) is 0 Å². The SMILES string of the molecule is C[C@H]1COC(O)N1C1CCN(C)CC1. The van der Waals surface area contributed by atoms with Gasteiger partial charge in [-0.2, -0.15) is 0 Å². The zero-order valence-electron chi connectivity index (χ0n) is 9.02. The van der Waals surface area contributed by atoms with Gasteiger partial charge in [0.2, 0.25) is 6.41 Å². The molecule has 0 aromatic carbocycles. The maximum atomic E-state index is 9.67. The molecule has 4 heteroatoms. The first kappa shape index (κ1) is 10.4. The summed E-state index contributed by atoms with van der Waals surface area (Å²) in [4.78, 5) is 4.46. The largest absolute Gasteiger partial charge is 0.356 e. The summed E-state index contributed by atoms with van der Waals surface area (Å²) in [7, 11) is 2.15. The van der Waals surface area contributed by atoms with Crippen molar-refractivity contribution in [1.82, 2.24) is 9.80 Å². The fraction of sp³-hybridized carbons (Fsp3) is 1.00. The van der Waals surface area contributed by atoms with Gasteiger partial charge in [-0.05, 0) is 39.9 Å². The van der Waals surface area contributed by atoms with Crippen molar-refractivity contribution in [3.05, 3.63) is 0 Å². The lowest BCUT2D eigenvalue weighted by Crippen LogP contribution is -2.48. The van der Waals surface area contributed by atoms with E-state index in [1.165, 1.54) is 0 Å². The number of piperidine rings is 1. The van der Waals surface area contributed by atoms with Crippen molar-refractivity contribution in [2.75, 3.05) is 26.7 Å². The smallest absolute Gasteiger partial charge is 0.216 e. The van der Waals surface area contributed by atoms with E-state index in [1.807, 2.05) is 0 Å². The molecule has 0 aromatic rings. The maximum Gasteiger partial charge on any atom is 0.216 e. The minimum atomic E-state index is -0.668. The van der Waals surface area contributed by atoms with E-state index >= 15 is 0 Å². The molecule has 14 heavy (non-hydrogen) atoms. The van der Waals surface area contributed by atoms with Gasteiger partial charge in [0.05, 0.1) is 6.61 Å². The summed E-state index contributed by atoms with van der Waals surface area (Å²) < 4.78 is 5.23. The zero-order chi connectivity index (χ0) is 10.1. The molecule has 4 nitrogen and oxygen atoms in total. The summed E-state index contributed by atoms with van der Waals surface area (Å²) in [5, 5.41) is 9.67. The summed E-state index contributed by atoms with van der Waals surface area (Å²) >= 11 is 0. The molecule has 0 aliphatic carbocycles. The van der Waals surface area contributed by atoms with E-state index in [1.54, 1.807) is 0 Å². The number of nitrogens with zero attached hydrogens (tertiary/aromatic N) is 2. The molecule has 2 heterocycles. The van der Waals surface area contributed by atoms with E-state index in [4.69, 9.17) is 4.74 Å². The van der Waals surface area contributed by atoms with E-state index in [0.717, 1.165) is 25.9 Å². The van der Waals surface area contributed by atoms with Crippen LogP contribution in [0.25, 0.3) is 0 Å². The molecular weight excluding hydrogens is 180 g/mol. The fourth-order valence-electron chi connectivity index (χ4n) is 2.45. The van der Waals surface area contributed by atoms with Crippen LogP contribution in [0.4, 0.5) is 0 Å². The van der Waals surface area contributed by atoms with Crippen LogP contribution < -0.4 is 0 Å². The number of ether oxygens (including phenoxy) is 1. The Morgan fingerprint density at radius 2 is 1.93 bits per heavy atom. The van der Waals surface area contributed by atoms with Crippen LogP contribution in [0.5, 0.6) is 0 Å². The summed E-state index contributed by atoms with van der Waals surface area (Å²) in [5.74, 6) is 0. The molecule has 0 aromatic heterocycles. The van der Waals surface area contributed by atoms with Crippen molar-refractivity contribution in [3.63, 3.8) is 0 Å². The molecule has 82 valence electrons. The van der Waals surface area contributed by atoms with Gasteiger partial charge in [-0.15, -0.1) is 0 Å². The van der Waals surface area contributed by atoms with Crippen LogP contribution in [0.2, 0.25) is 0 Å². The highest BCUT2D eigenvalue weighted by molar-refractivity contribution is 4.84. The molecule has 1 N–H and O–H groups in total. The number of hydrogen-bond acceptors (Lipinski definition) is 4. The third-order valence-corrected chi connectivity index (χ3v) is 3.36. The van der Waals surface area contributed by atoms with Gasteiger partial charge < -0.3 is 14.7 Å². The monoisotopic (exact) mass is 200 g/mol. The van der Waals surface area contributed by atoms with E-state index in [0.29, 0.717) is 18.7 Å². The Morgan fingerprint density at radius 1 is 1.29 bits per heavy atom. The van der Waals surface area contributed by atoms with Crippen molar-refractivity contribution in [2.45, 2.75) is 38.3 Å². The van der Waals surface area contributed by atoms with Crippen LogP contribution in [-0.2, 0) is 4.74 Å². The number of aliphatic hydroxyl groups excluding tert-OH is 1. The van der Waals surface area contributed by atoms with E-state index in [9.17, 15) is 5.11 Å². The maximum absolute atomic E-state index is 9.67. The van der Waals surface area contributed by atoms with Crippen LogP contribution in [0.15, 0.2) is 0 Å². The average molecular weight is 200 g/mol. The molecule has 2 fully saturated rings. The number of aliphatic hydroxyl groups is 1. The topological polar surface area (TPSA) is 35.9 Å². The van der Waals surface area contributed by atoms with Crippen LogP contribution >= 0.6 is 0 Å². The van der Waals surface area contributed by atoms with E-state index < -0.39 is 6.41 Å². The fourth-order valence-corrected chi connectivity index (χ4v) is 2.45. The molecule has 0 saturated carbocycles. The van der Waals surface area contributed by atoms with Crippen molar-refractivity contribution < 1.29 is 9.84 Å². The molecular formula is C10H20N2O2. The van der Waals surface area contributed by atoms with Gasteiger partial charge >= 0.3 is 0 Å².